The van der Waals surface area contributed by atoms with Crippen LogP contribution in [0.2, 0.25) is 0 Å². The summed E-state index contributed by atoms with van der Waals surface area (Å²) >= 11 is 6.03. The van der Waals surface area contributed by atoms with Crippen LogP contribution in [0.25, 0.3) is 5.65 Å². The molecular weight excluding hydrogens is 240 g/mol. The lowest BCUT2D eigenvalue weighted by molar-refractivity contribution is 0.481. The zero-order chi connectivity index (χ0) is 12.3. The number of anilines is 1. The van der Waals surface area contributed by atoms with Crippen LogP contribution in [0.1, 0.15) is 26.7 Å². The van der Waals surface area contributed by atoms with Gasteiger partial charge in [-0.25, -0.2) is 0 Å². The Hall–Kier alpha value is -1.43. The lowest BCUT2D eigenvalue weighted by atomic mass is 9.95. The molecule has 17 heavy (non-hydrogen) atoms. The Morgan fingerprint density at radius 2 is 2.12 bits per heavy atom. The first kappa shape index (κ1) is 12.0. The Balaban J connectivity index is 2.27. The topological polar surface area (TPSA) is 68.0 Å². The molecule has 0 amide bonds. The molecule has 92 valence electrons. The molecule has 0 aliphatic carbocycles. The standard InChI is InChI=1S/C10H15ClN6/c1-3-10(4-2,7-11)12-8-5-6-9-13-15-16-17(9)14-8/h5-6H,3-4,7H2,1-2H3,(H,12,14). The molecule has 6 nitrogen and oxygen atoms in total. The van der Waals surface area contributed by atoms with Crippen LogP contribution in [-0.4, -0.2) is 36.7 Å². The van der Waals surface area contributed by atoms with Gasteiger partial charge in [0, 0.05) is 5.88 Å². The van der Waals surface area contributed by atoms with E-state index < -0.39 is 0 Å². The minimum absolute atomic E-state index is 0.129. The fourth-order valence-corrected chi connectivity index (χ4v) is 2.08. The van der Waals surface area contributed by atoms with Crippen LogP contribution in [0, 0.1) is 0 Å². The molecule has 0 atom stereocenters. The second kappa shape index (κ2) is 4.83. The Morgan fingerprint density at radius 3 is 2.76 bits per heavy atom. The van der Waals surface area contributed by atoms with Gasteiger partial charge in [-0.15, -0.1) is 26.4 Å². The summed E-state index contributed by atoms with van der Waals surface area (Å²) in [6.45, 7) is 4.21. The highest BCUT2D eigenvalue weighted by Gasteiger charge is 2.25. The minimum atomic E-state index is -0.129. The van der Waals surface area contributed by atoms with Crippen molar-refractivity contribution < 1.29 is 0 Å². The monoisotopic (exact) mass is 254 g/mol. The maximum Gasteiger partial charge on any atom is 0.200 e. The van der Waals surface area contributed by atoms with Crippen molar-refractivity contribution in [2.75, 3.05) is 11.2 Å². The highest BCUT2D eigenvalue weighted by atomic mass is 35.5. The average molecular weight is 255 g/mol. The number of aromatic nitrogens is 5. The van der Waals surface area contributed by atoms with E-state index in [9.17, 15) is 0 Å². The third-order valence-corrected chi connectivity index (χ3v) is 3.58. The lowest BCUT2D eigenvalue weighted by Gasteiger charge is -2.30. The van der Waals surface area contributed by atoms with E-state index in [0.29, 0.717) is 11.5 Å². The first-order valence-corrected chi connectivity index (χ1v) is 6.16. The second-order valence-electron chi connectivity index (χ2n) is 3.99. The number of tetrazole rings is 1. The van der Waals surface area contributed by atoms with E-state index in [2.05, 4.69) is 39.8 Å². The molecule has 0 unspecified atom stereocenters. The molecule has 2 rings (SSSR count). The number of hydrogen-bond acceptors (Lipinski definition) is 5. The SMILES string of the molecule is CCC(CC)(CCl)Nc1ccc2nnnn2n1. The molecular formula is C10H15ClN6. The van der Waals surface area contributed by atoms with Crippen LogP contribution >= 0.6 is 11.6 Å². The smallest absolute Gasteiger partial charge is 0.200 e. The molecule has 0 saturated carbocycles. The molecule has 2 heterocycles. The first-order chi connectivity index (χ1) is 8.23. The molecule has 0 aromatic carbocycles. The van der Waals surface area contributed by atoms with Crippen LogP contribution in [0.4, 0.5) is 5.82 Å². The van der Waals surface area contributed by atoms with E-state index in [0.717, 1.165) is 18.7 Å². The van der Waals surface area contributed by atoms with Gasteiger partial charge in [-0.2, -0.15) is 0 Å². The molecule has 0 radical (unpaired) electrons. The molecule has 0 aliphatic heterocycles. The van der Waals surface area contributed by atoms with Crippen LogP contribution in [0.5, 0.6) is 0 Å². The summed E-state index contributed by atoms with van der Waals surface area (Å²) in [6, 6.07) is 3.68. The van der Waals surface area contributed by atoms with Crippen LogP contribution in [-0.2, 0) is 0 Å². The molecule has 0 fully saturated rings. The molecule has 0 aliphatic rings. The fourth-order valence-electron chi connectivity index (χ4n) is 1.64. The summed E-state index contributed by atoms with van der Waals surface area (Å²) < 4.78 is 1.40. The number of fused-ring (bicyclic) bond motifs is 1. The Kier molecular flexibility index (Phi) is 3.42. The summed E-state index contributed by atoms with van der Waals surface area (Å²) in [5, 5.41) is 18.7. The van der Waals surface area contributed by atoms with E-state index in [1.807, 2.05) is 12.1 Å². The maximum absolute atomic E-state index is 6.03. The van der Waals surface area contributed by atoms with Crippen LogP contribution in [0.15, 0.2) is 12.1 Å². The number of nitrogens with zero attached hydrogens (tertiary/aromatic N) is 5. The Bertz CT molecular complexity index is 484. The molecule has 2 aromatic rings. The van der Waals surface area contributed by atoms with Crippen LogP contribution in [0.3, 0.4) is 0 Å². The van der Waals surface area contributed by atoms with Gasteiger partial charge >= 0.3 is 0 Å². The van der Waals surface area contributed by atoms with Crippen molar-refractivity contribution in [3.63, 3.8) is 0 Å². The van der Waals surface area contributed by atoms with Crippen molar-refractivity contribution in [2.45, 2.75) is 32.2 Å². The molecule has 0 saturated heterocycles. The van der Waals surface area contributed by atoms with Gasteiger partial charge in [0.2, 0.25) is 0 Å². The van der Waals surface area contributed by atoms with Gasteiger partial charge in [0.1, 0.15) is 5.82 Å². The zero-order valence-electron chi connectivity index (χ0n) is 9.89. The number of halogens is 1. The summed E-state index contributed by atoms with van der Waals surface area (Å²) in [4.78, 5) is 0. The van der Waals surface area contributed by atoms with E-state index in [-0.39, 0.29) is 5.54 Å². The van der Waals surface area contributed by atoms with Crippen molar-refractivity contribution in [1.82, 2.24) is 25.3 Å². The lowest BCUT2D eigenvalue weighted by Crippen LogP contribution is -2.39. The van der Waals surface area contributed by atoms with Crippen LogP contribution < -0.4 is 5.32 Å². The number of hydrogen-bond donors (Lipinski definition) is 1. The van der Waals surface area contributed by atoms with Gasteiger partial charge in [-0.3, -0.25) is 0 Å². The third kappa shape index (κ3) is 2.31. The van der Waals surface area contributed by atoms with E-state index in [4.69, 9.17) is 11.6 Å². The Labute approximate surface area is 104 Å². The number of alkyl halides is 1. The largest absolute Gasteiger partial charge is 0.362 e. The quantitative estimate of drug-likeness (QED) is 0.823. The summed E-state index contributed by atoms with van der Waals surface area (Å²) in [5.74, 6) is 1.27. The summed E-state index contributed by atoms with van der Waals surface area (Å²) in [5.41, 5.74) is 0.496. The van der Waals surface area contributed by atoms with E-state index in [1.54, 1.807) is 0 Å². The average Bonchev–Trinajstić information content (AvgIpc) is 2.83. The number of rotatable bonds is 5. The molecule has 0 spiro atoms. The summed E-state index contributed by atoms with van der Waals surface area (Å²) in [7, 11) is 0. The van der Waals surface area contributed by atoms with Crippen molar-refractivity contribution in [2.24, 2.45) is 0 Å². The van der Waals surface area contributed by atoms with Gasteiger partial charge in [-0.1, -0.05) is 13.8 Å². The maximum atomic E-state index is 6.03. The van der Waals surface area contributed by atoms with Crippen molar-refractivity contribution in [3.8, 4) is 0 Å². The molecule has 1 N–H and O–H groups in total. The second-order valence-corrected chi connectivity index (χ2v) is 4.26. The van der Waals surface area contributed by atoms with Gasteiger partial charge in [-0.05, 0) is 35.4 Å². The highest BCUT2D eigenvalue weighted by Crippen LogP contribution is 2.22. The predicted molar refractivity (Wildman–Crippen MR) is 66.2 cm³/mol. The minimum Gasteiger partial charge on any atom is -0.362 e. The van der Waals surface area contributed by atoms with Crippen molar-refractivity contribution in [3.05, 3.63) is 12.1 Å². The van der Waals surface area contributed by atoms with Crippen molar-refractivity contribution in [1.29, 1.82) is 0 Å². The Morgan fingerprint density at radius 1 is 1.35 bits per heavy atom. The van der Waals surface area contributed by atoms with E-state index in [1.165, 1.54) is 4.63 Å². The molecule has 7 heteroatoms. The molecule has 2 aromatic heterocycles. The van der Waals surface area contributed by atoms with E-state index >= 15 is 0 Å². The number of nitrogens with one attached hydrogen (secondary N) is 1. The first-order valence-electron chi connectivity index (χ1n) is 5.62. The predicted octanol–water partition coefficient (Wildman–Crippen LogP) is 1.73. The van der Waals surface area contributed by atoms with Gasteiger partial charge in [0.25, 0.3) is 0 Å². The van der Waals surface area contributed by atoms with Gasteiger partial charge in [0.15, 0.2) is 5.65 Å². The van der Waals surface area contributed by atoms with Gasteiger partial charge < -0.3 is 5.32 Å². The third-order valence-electron chi connectivity index (χ3n) is 3.07. The zero-order valence-corrected chi connectivity index (χ0v) is 10.6. The highest BCUT2D eigenvalue weighted by molar-refractivity contribution is 6.18. The molecule has 0 bridgehead atoms. The fraction of sp³-hybridized carbons (Fsp3) is 0.600. The van der Waals surface area contributed by atoms with Gasteiger partial charge in [0.05, 0.1) is 5.54 Å². The normalized spacial score (nSPS) is 11.9. The van der Waals surface area contributed by atoms with Crippen molar-refractivity contribution >= 4 is 23.1 Å². The summed E-state index contributed by atoms with van der Waals surface area (Å²) in [6.07, 6.45) is 1.87.